The Bertz CT molecular complexity index is 260. The van der Waals surface area contributed by atoms with Crippen LogP contribution in [0.15, 0.2) is 11.4 Å². The molecule has 1 rings (SSSR count). The summed E-state index contributed by atoms with van der Waals surface area (Å²) in [6.07, 6.45) is -0.469. The van der Waals surface area contributed by atoms with E-state index in [-0.39, 0.29) is 6.10 Å². The summed E-state index contributed by atoms with van der Waals surface area (Å²) in [5.74, 6) is 0. The average Bonchev–Trinajstić information content (AvgIpc) is 2.47. The number of aliphatic hydroxyl groups excluding tert-OH is 1. The second-order valence-corrected chi connectivity index (χ2v) is 4.39. The molecule has 0 fully saturated rings. The van der Waals surface area contributed by atoms with E-state index in [4.69, 9.17) is 16.3 Å². The molecule has 0 amide bonds. The molecule has 1 aromatic rings. The predicted octanol–water partition coefficient (Wildman–Crippen LogP) is 2.86. The van der Waals surface area contributed by atoms with E-state index in [1.54, 1.807) is 6.07 Å². The summed E-state index contributed by atoms with van der Waals surface area (Å²) in [6.45, 7) is 4.17. The summed E-state index contributed by atoms with van der Waals surface area (Å²) in [5, 5.41) is 12.1. The minimum absolute atomic E-state index is 0.133. The van der Waals surface area contributed by atoms with Crippen LogP contribution in [0, 0.1) is 0 Å². The molecule has 1 unspecified atom stereocenters. The largest absolute Gasteiger partial charge is 0.385 e. The molecular weight excluding hydrogens is 208 g/mol. The molecule has 0 aliphatic carbocycles. The van der Waals surface area contributed by atoms with E-state index in [9.17, 15) is 5.11 Å². The minimum Gasteiger partial charge on any atom is -0.385 e. The smallest absolute Gasteiger partial charge is 0.113 e. The maximum atomic E-state index is 9.64. The van der Waals surface area contributed by atoms with Crippen LogP contribution in [0.25, 0.3) is 0 Å². The molecule has 0 aliphatic heterocycles. The Morgan fingerprint density at radius 2 is 2.31 bits per heavy atom. The van der Waals surface area contributed by atoms with Gasteiger partial charge in [-0.3, -0.25) is 0 Å². The zero-order chi connectivity index (χ0) is 9.84. The third-order valence-corrected chi connectivity index (χ3v) is 2.99. The minimum atomic E-state index is -0.602. The molecule has 1 aromatic heterocycles. The molecule has 0 saturated heterocycles. The van der Waals surface area contributed by atoms with Gasteiger partial charge in [0.2, 0.25) is 0 Å². The van der Waals surface area contributed by atoms with Crippen LogP contribution in [0.1, 0.15) is 24.8 Å². The Labute approximate surface area is 87.1 Å². The van der Waals surface area contributed by atoms with E-state index in [0.29, 0.717) is 11.6 Å². The van der Waals surface area contributed by atoms with E-state index < -0.39 is 6.10 Å². The van der Waals surface area contributed by atoms with Gasteiger partial charge in [-0.05, 0) is 25.3 Å². The topological polar surface area (TPSA) is 29.5 Å². The Morgan fingerprint density at radius 1 is 1.62 bits per heavy atom. The first-order valence-electron chi connectivity index (χ1n) is 4.14. The average molecular weight is 221 g/mol. The monoisotopic (exact) mass is 220 g/mol. The lowest BCUT2D eigenvalue weighted by atomic mass is 10.3. The second-order valence-electron chi connectivity index (χ2n) is 3.03. The maximum absolute atomic E-state index is 9.64. The quantitative estimate of drug-likeness (QED) is 0.846. The number of rotatable bonds is 4. The van der Waals surface area contributed by atoms with Crippen molar-refractivity contribution in [1.29, 1.82) is 0 Å². The highest BCUT2D eigenvalue weighted by Crippen LogP contribution is 2.28. The van der Waals surface area contributed by atoms with Crippen molar-refractivity contribution in [2.75, 3.05) is 6.61 Å². The third kappa shape index (κ3) is 3.27. The van der Waals surface area contributed by atoms with Crippen molar-refractivity contribution in [3.05, 3.63) is 21.3 Å². The van der Waals surface area contributed by atoms with Gasteiger partial charge >= 0.3 is 0 Å². The highest BCUT2D eigenvalue weighted by Gasteiger charge is 2.13. The van der Waals surface area contributed by atoms with Crippen molar-refractivity contribution in [3.63, 3.8) is 0 Å². The summed E-state index contributed by atoms with van der Waals surface area (Å²) in [6, 6.07) is 1.78. The van der Waals surface area contributed by atoms with Gasteiger partial charge in [-0.1, -0.05) is 11.6 Å². The Balaban J connectivity index is 2.49. The highest BCUT2D eigenvalue weighted by molar-refractivity contribution is 7.10. The number of hydrogen-bond acceptors (Lipinski definition) is 3. The SMILES string of the molecule is CC(C)OCC(O)c1sccc1Cl. The Morgan fingerprint density at radius 3 is 2.77 bits per heavy atom. The van der Waals surface area contributed by atoms with Crippen LogP contribution in [-0.2, 0) is 4.74 Å². The van der Waals surface area contributed by atoms with Crippen molar-refractivity contribution in [1.82, 2.24) is 0 Å². The van der Waals surface area contributed by atoms with E-state index in [0.717, 1.165) is 4.88 Å². The van der Waals surface area contributed by atoms with Crippen LogP contribution in [0.4, 0.5) is 0 Å². The van der Waals surface area contributed by atoms with Gasteiger partial charge in [0, 0.05) is 0 Å². The fraction of sp³-hybridized carbons (Fsp3) is 0.556. The molecule has 0 spiro atoms. The second kappa shape index (κ2) is 4.96. The molecule has 1 heterocycles. The Hall–Kier alpha value is -0.0900. The van der Waals surface area contributed by atoms with Gasteiger partial charge in [0.25, 0.3) is 0 Å². The molecule has 13 heavy (non-hydrogen) atoms. The van der Waals surface area contributed by atoms with Crippen LogP contribution in [0.3, 0.4) is 0 Å². The fourth-order valence-electron chi connectivity index (χ4n) is 0.902. The lowest BCUT2D eigenvalue weighted by Gasteiger charge is -2.12. The fourth-order valence-corrected chi connectivity index (χ4v) is 2.06. The van der Waals surface area contributed by atoms with E-state index >= 15 is 0 Å². The normalized spacial score (nSPS) is 13.6. The first kappa shape index (κ1) is 11.0. The van der Waals surface area contributed by atoms with Gasteiger partial charge in [-0.15, -0.1) is 11.3 Å². The van der Waals surface area contributed by atoms with Crippen molar-refractivity contribution in [2.24, 2.45) is 0 Å². The summed E-state index contributed by atoms with van der Waals surface area (Å²) in [5.41, 5.74) is 0. The highest BCUT2D eigenvalue weighted by atomic mass is 35.5. The van der Waals surface area contributed by atoms with Crippen molar-refractivity contribution in [3.8, 4) is 0 Å². The first-order chi connectivity index (χ1) is 6.11. The number of ether oxygens (including phenoxy) is 1. The lowest BCUT2D eigenvalue weighted by molar-refractivity contribution is 0.00637. The molecule has 74 valence electrons. The molecule has 0 aliphatic rings. The molecule has 0 saturated carbocycles. The third-order valence-electron chi connectivity index (χ3n) is 1.53. The standard InChI is InChI=1S/C9H13ClO2S/c1-6(2)12-5-8(11)9-7(10)3-4-13-9/h3-4,6,8,11H,5H2,1-2H3. The molecule has 0 radical (unpaired) electrons. The van der Waals surface area contributed by atoms with Crippen LogP contribution in [-0.4, -0.2) is 17.8 Å². The lowest BCUT2D eigenvalue weighted by Crippen LogP contribution is -2.11. The van der Waals surface area contributed by atoms with Gasteiger partial charge < -0.3 is 9.84 Å². The molecule has 1 atom stereocenters. The van der Waals surface area contributed by atoms with Gasteiger partial charge in [0.05, 0.1) is 22.6 Å². The zero-order valence-corrected chi connectivity index (χ0v) is 9.23. The Kier molecular flexibility index (Phi) is 4.19. The summed E-state index contributed by atoms with van der Waals surface area (Å²) < 4.78 is 5.28. The number of thiophene rings is 1. The van der Waals surface area contributed by atoms with Gasteiger partial charge in [0.15, 0.2) is 0 Å². The van der Waals surface area contributed by atoms with E-state index in [2.05, 4.69) is 0 Å². The summed E-state index contributed by atoms with van der Waals surface area (Å²) in [7, 11) is 0. The number of hydrogen-bond donors (Lipinski definition) is 1. The van der Waals surface area contributed by atoms with Crippen LogP contribution >= 0.6 is 22.9 Å². The number of halogens is 1. The van der Waals surface area contributed by atoms with Crippen LogP contribution < -0.4 is 0 Å². The number of aliphatic hydroxyl groups is 1. The van der Waals surface area contributed by atoms with Crippen molar-refractivity contribution >= 4 is 22.9 Å². The van der Waals surface area contributed by atoms with E-state index in [1.165, 1.54) is 11.3 Å². The van der Waals surface area contributed by atoms with Crippen LogP contribution in [0.5, 0.6) is 0 Å². The van der Waals surface area contributed by atoms with Gasteiger partial charge in [-0.2, -0.15) is 0 Å². The van der Waals surface area contributed by atoms with E-state index in [1.807, 2.05) is 19.2 Å². The first-order valence-corrected chi connectivity index (χ1v) is 5.39. The van der Waals surface area contributed by atoms with Crippen molar-refractivity contribution < 1.29 is 9.84 Å². The molecule has 0 bridgehead atoms. The van der Waals surface area contributed by atoms with Gasteiger partial charge in [0.1, 0.15) is 6.10 Å². The predicted molar refractivity (Wildman–Crippen MR) is 55.4 cm³/mol. The molecule has 4 heteroatoms. The van der Waals surface area contributed by atoms with Crippen molar-refractivity contribution in [2.45, 2.75) is 26.1 Å². The zero-order valence-electron chi connectivity index (χ0n) is 7.66. The summed E-state index contributed by atoms with van der Waals surface area (Å²) in [4.78, 5) is 0.780. The maximum Gasteiger partial charge on any atom is 0.113 e. The summed E-state index contributed by atoms with van der Waals surface area (Å²) >= 11 is 7.29. The molecule has 0 aromatic carbocycles. The molecule has 2 nitrogen and oxygen atoms in total. The molecular formula is C9H13ClO2S. The molecule has 1 N–H and O–H groups in total. The van der Waals surface area contributed by atoms with Gasteiger partial charge in [-0.25, -0.2) is 0 Å². The van der Waals surface area contributed by atoms with Crippen LogP contribution in [0.2, 0.25) is 5.02 Å².